The lowest BCUT2D eigenvalue weighted by molar-refractivity contribution is -0.124. The van der Waals surface area contributed by atoms with Crippen LogP contribution in [0.1, 0.15) is 39.0 Å². The molecule has 4 heteroatoms. The van der Waals surface area contributed by atoms with E-state index in [9.17, 15) is 4.79 Å². The molecule has 0 aliphatic carbocycles. The first-order valence-corrected chi connectivity index (χ1v) is 7.53. The van der Waals surface area contributed by atoms with Crippen LogP contribution < -0.4 is 10.6 Å². The van der Waals surface area contributed by atoms with Gasteiger partial charge >= 0.3 is 0 Å². The Balaban J connectivity index is 1.53. The largest absolute Gasteiger partial charge is 0.355 e. The number of carbonyl (C=O) groups is 1. The van der Waals surface area contributed by atoms with E-state index in [1.807, 2.05) is 0 Å². The van der Waals surface area contributed by atoms with Crippen LogP contribution in [0, 0.1) is 5.92 Å². The molecule has 4 nitrogen and oxygen atoms in total. The van der Waals surface area contributed by atoms with Gasteiger partial charge in [0.05, 0.1) is 6.04 Å². The number of hydrogen-bond acceptors (Lipinski definition) is 3. The fraction of sp³-hybridized carbons (Fsp3) is 0.929. The molecule has 1 unspecified atom stereocenters. The van der Waals surface area contributed by atoms with E-state index < -0.39 is 0 Å². The second kappa shape index (κ2) is 7.10. The summed E-state index contributed by atoms with van der Waals surface area (Å²) in [6, 6.07) is 0.0939. The lowest BCUT2D eigenvalue weighted by atomic mass is 9.93. The van der Waals surface area contributed by atoms with Crippen LogP contribution in [0.4, 0.5) is 0 Å². The van der Waals surface area contributed by atoms with Gasteiger partial charge in [0.25, 0.3) is 0 Å². The van der Waals surface area contributed by atoms with E-state index in [1.165, 1.54) is 38.9 Å². The van der Waals surface area contributed by atoms with Gasteiger partial charge in [-0.15, -0.1) is 0 Å². The molecule has 2 aliphatic rings. The van der Waals surface area contributed by atoms with Crippen molar-refractivity contribution in [2.24, 2.45) is 5.92 Å². The Morgan fingerprint density at radius 2 is 2.06 bits per heavy atom. The highest BCUT2D eigenvalue weighted by Gasteiger charge is 2.24. The van der Waals surface area contributed by atoms with E-state index in [-0.39, 0.29) is 11.9 Å². The van der Waals surface area contributed by atoms with Crippen LogP contribution in [0.25, 0.3) is 0 Å². The third-order valence-electron chi connectivity index (χ3n) is 4.24. The average molecular weight is 253 g/mol. The van der Waals surface area contributed by atoms with Gasteiger partial charge in [-0.05, 0) is 64.2 Å². The van der Waals surface area contributed by atoms with Gasteiger partial charge < -0.3 is 15.5 Å². The molecule has 0 aromatic carbocycles. The summed E-state index contributed by atoms with van der Waals surface area (Å²) in [5.74, 6) is 1.01. The van der Waals surface area contributed by atoms with Gasteiger partial charge in [-0.25, -0.2) is 0 Å². The SMILES string of the molecule is CCCN1CCC(CCNC(=O)C2CCN2)CC1. The van der Waals surface area contributed by atoms with E-state index >= 15 is 0 Å². The van der Waals surface area contributed by atoms with E-state index in [4.69, 9.17) is 0 Å². The summed E-state index contributed by atoms with van der Waals surface area (Å²) < 4.78 is 0. The summed E-state index contributed by atoms with van der Waals surface area (Å²) >= 11 is 0. The molecule has 0 saturated carbocycles. The molecule has 104 valence electrons. The van der Waals surface area contributed by atoms with E-state index in [0.717, 1.165) is 31.8 Å². The predicted octanol–water partition coefficient (Wildman–Crippen LogP) is 0.977. The first kappa shape index (κ1) is 13.8. The summed E-state index contributed by atoms with van der Waals surface area (Å²) in [6.07, 6.45) is 6.02. The number of likely N-dealkylation sites (tertiary alicyclic amines) is 1. The van der Waals surface area contributed by atoms with Crippen molar-refractivity contribution in [2.75, 3.05) is 32.7 Å². The molecular formula is C14H27N3O. The lowest BCUT2D eigenvalue weighted by Gasteiger charge is -2.32. The molecule has 2 saturated heterocycles. The Morgan fingerprint density at radius 1 is 1.33 bits per heavy atom. The van der Waals surface area contributed by atoms with Crippen LogP contribution in [0.15, 0.2) is 0 Å². The lowest BCUT2D eigenvalue weighted by Crippen LogP contribution is -2.53. The standard InChI is InChI=1S/C14H27N3O/c1-2-9-17-10-5-12(6-11-17)3-7-16-14(18)13-4-8-15-13/h12-13,15H,2-11H2,1H3,(H,16,18). The molecule has 1 atom stereocenters. The third-order valence-corrected chi connectivity index (χ3v) is 4.24. The number of nitrogens with one attached hydrogen (secondary N) is 2. The zero-order chi connectivity index (χ0) is 12.8. The van der Waals surface area contributed by atoms with Crippen LogP contribution in [0.2, 0.25) is 0 Å². The summed E-state index contributed by atoms with van der Waals surface area (Å²) in [5.41, 5.74) is 0. The van der Waals surface area contributed by atoms with Crippen LogP contribution >= 0.6 is 0 Å². The number of amides is 1. The molecular weight excluding hydrogens is 226 g/mol. The molecule has 18 heavy (non-hydrogen) atoms. The van der Waals surface area contributed by atoms with Crippen molar-refractivity contribution >= 4 is 5.91 Å². The van der Waals surface area contributed by atoms with Gasteiger partial charge in [0, 0.05) is 6.54 Å². The number of rotatable bonds is 6. The first-order valence-electron chi connectivity index (χ1n) is 7.53. The predicted molar refractivity (Wildman–Crippen MR) is 73.5 cm³/mol. The zero-order valence-corrected chi connectivity index (χ0v) is 11.6. The van der Waals surface area contributed by atoms with Crippen LogP contribution in [-0.4, -0.2) is 49.6 Å². The first-order chi connectivity index (χ1) is 8.79. The number of hydrogen-bond donors (Lipinski definition) is 2. The summed E-state index contributed by atoms with van der Waals surface area (Å²) in [4.78, 5) is 14.2. The van der Waals surface area contributed by atoms with Crippen molar-refractivity contribution in [2.45, 2.75) is 45.1 Å². The molecule has 2 heterocycles. The number of piperidine rings is 1. The van der Waals surface area contributed by atoms with Crippen molar-refractivity contribution in [1.29, 1.82) is 0 Å². The Kier molecular flexibility index (Phi) is 5.45. The molecule has 0 radical (unpaired) electrons. The van der Waals surface area contributed by atoms with Gasteiger partial charge in [0.15, 0.2) is 0 Å². The van der Waals surface area contributed by atoms with Crippen LogP contribution in [-0.2, 0) is 4.79 Å². The quantitative estimate of drug-likeness (QED) is 0.741. The Labute approximate surface area is 110 Å². The van der Waals surface area contributed by atoms with Crippen molar-refractivity contribution < 1.29 is 4.79 Å². The van der Waals surface area contributed by atoms with Gasteiger partial charge in [-0.2, -0.15) is 0 Å². The topological polar surface area (TPSA) is 44.4 Å². The fourth-order valence-corrected chi connectivity index (χ4v) is 2.85. The van der Waals surface area contributed by atoms with Gasteiger partial charge in [0.2, 0.25) is 5.91 Å². The second-order valence-electron chi connectivity index (χ2n) is 5.66. The minimum Gasteiger partial charge on any atom is -0.355 e. The van der Waals surface area contributed by atoms with E-state index in [2.05, 4.69) is 22.5 Å². The van der Waals surface area contributed by atoms with Crippen LogP contribution in [0.3, 0.4) is 0 Å². The average Bonchev–Trinajstić information content (AvgIpc) is 2.29. The third kappa shape index (κ3) is 3.95. The minimum atomic E-state index is 0.0939. The van der Waals surface area contributed by atoms with Crippen molar-refractivity contribution in [3.05, 3.63) is 0 Å². The maximum absolute atomic E-state index is 11.6. The molecule has 2 rings (SSSR count). The van der Waals surface area contributed by atoms with Crippen molar-refractivity contribution in [1.82, 2.24) is 15.5 Å². The number of nitrogens with zero attached hydrogens (tertiary/aromatic N) is 1. The summed E-state index contributed by atoms with van der Waals surface area (Å²) in [5, 5.41) is 6.19. The molecule has 2 aliphatic heterocycles. The molecule has 1 amide bonds. The second-order valence-corrected chi connectivity index (χ2v) is 5.66. The molecule has 0 aromatic rings. The smallest absolute Gasteiger partial charge is 0.237 e. The summed E-state index contributed by atoms with van der Waals surface area (Å²) in [7, 11) is 0. The van der Waals surface area contributed by atoms with Gasteiger partial charge in [0.1, 0.15) is 0 Å². The maximum atomic E-state index is 11.6. The Morgan fingerprint density at radius 3 is 2.61 bits per heavy atom. The minimum absolute atomic E-state index is 0.0939. The summed E-state index contributed by atoms with van der Waals surface area (Å²) in [6.45, 7) is 7.84. The Hall–Kier alpha value is -0.610. The number of carbonyl (C=O) groups excluding carboxylic acids is 1. The van der Waals surface area contributed by atoms with Gasteiger partial charge in [-0.1, -0.05) is 6.92 Å². The molecule has 2 fully saturated rings. The molecule has 0 aromatic heterocycles. The Bertz CT molecular complexity index is 258. The van der Waals surface area contributed by atoms with Crippen LogP contribution in [0.5, 0.6) is 0 Å². The monoisotopic (exact) mass is 253 g/mol. The zero-order valence-electron chi connectivity index (χ0n) is 11.6. The highest BCUT2D eigenvalue weighted by atomic mass is 16.2. The van der Waals surface area contributed by atoms with E-state index in [1.54, 1.807) is 0 Å². The highest BCUT2D eigenvalue weighted by molar-refractivity contribution is 5.82. The normalized spacial score (nSPS) is 25.7. The molecule has 0 spiro atoms. The molecule has 0 bridgehead atoms. The van der Waals surface area contributed by atoms with Crippen molar-refractivity contribution in [3.8, 4) is 0 Å². The molecule has 2 N–H and O–H groups in total. The maximum Gasteiger partial charge on any atom is 0.237 e. The van der Waals surface area contributed by atoms with Gasteiger partial charge in [-0.3, -0.25) is 4.79 Å². The fourth-order valence-electron chi connectivity index (χ4n) is 2.85. The van der Waals surface area contributed by atoms with Crippen molar-refractivity contribution in [3.63, 3.8) is 0 Å². The highest BCUT2D eigenvalue weighted by Crippen LogP contribution is 2.20. The van der Waals surface area contributed by atoms with E-state index in [0.29, 0.717) is 0 Å².